The molecule has 194 valence electrons. The van der Waals surface area contributed by atoms with Gasteiger partial charge in [0.05, 0.1) is 13.2 Å². The van der Waals surface area contributed by atoms with Gasteiger partial charge in [-0.3, -0.25) is 9.59 Å². The summed E-state index contributed by atoms with van der Waals surface area (Å²) in [6.07, 6.45) is 2.67. The van der Waals surface area contributed by atoms with E-state index in [1.54, 1.807) is 6.92 Å². The number of H-pyrrole nitrogens is 1. The van der Waals surface area contributed by atoms with Crippen molar-refractivity contribution in [1.82, 2.24) is 9.88 Å². The quantitative estimate of drug-likeness (QED) is 0.215. The first-order valence-electron chi connectivity index (χ1n) is 11.9. The van der Waals surface area contributed by atoms with Crippen molar-refractivity contribution in [2.75, 3.05) is 13.2 Å². The van der Waals surface area contributed by atoms with E-state index in [9.17, 15) is 28.9 Å². The molecule has 36 heavy (non-hydrogen) atoms. The molecule has 0 atom stereocenters. The number of rotatable bonds is 11. The smallest absolute Gasteiger partial charge is 0.332 e. The average Bonchev–Trinajstić information content (AvgIpc) is 3.35. The van der Waals surface area contributed by atoms with Crippen LogP contribution in [0, 0.1) is 22.9 Å². The van der Waals surface area contributed by atoms with Gasteiger partial charge >= 0.3 is 5.97 Å². The average molecular weight is 504 g/mol. The van der Waals surface area contributed by atoms with Crippen LogP contribution in [0.3, 0.4) is 0 Å². The number of aromatic nitrogens is 1. The minimum atomic E-state index is -1.33. The van der Waals surface area contributed by atoms with E-state index in [-0.39, 0.29) is 31.7 Å². The summed E-state index contributed by atoms with van der Waals surface area (Å²) in [6, 6.07) is 7.10. The monoisotopic (exact) mass is 503 g/mol. The molecule has 1 N–H and O–H groups in total. The number of carbonyl (C=O) groups is 2. The maximum absolute atomic E-state index is 13.9. The number of pyridine rings is 1. The zero-order chi connectivity index (χ0) is 26.3. The van der Waals surface area contributed by atoms with Crippen molar-refractivity contribution in [3.8, 4) is 0 Å². The molecule has 11 heteroatoms. The predicted molar refractivity (Wildman–Crippen MR) is 127 cm³/mol. The van der Waals surface area contributed by atoms with Gasteiger partial charge in [0.15, 0.2) is 0 Å². The molecule has 2 aromatic rings. The van der Waals surface area contributed by atoms with Crippen molar-refractivity contribution >= 4 is 11.9 Å². The van der Waals surface area contributed by atoms with Crippen molar-refractivity contribution in [2.24, 2.45) is 0 Å². The van der Waals surface area contributed by atoms with Crippen LogP contribution in [0.5, 0.6) is 0 Å². The Morgan fingerprint density at radius 2 is 1.86 bits per heavy atom. The Balaban J connectivity index is 1.96. The number of nitrogens with one attached hydrogen (secondary N) is 1. The summed E-state index contributed by atoms with van der Waals surface area (Å²) in [4.78, 5) is 58.8. The highest BCUT2D eigenvalue weighted by Gasteiger charge is 2.50. The minimum absolute atomic E-state index is 0.0351. The Labute approximate surface area is 207 Å². The first-order valence-corrected chi connectivity index (χ1v) is 11.9. The molecule has 0 bridgehead atoms. The van der Waals surface area contributed by atoms with Crippen LogP contribution in [-0.2, 0) is 27.3 Å². The molecular weight excluding hydrogens is 473 g/mol. The van der Waals surface area contributed by atoms with Crippen LogP contribution in [0.4, 0.5) is 4.39 Å². The lowest BCUT2D eigenvalue weighted by Gasteiger charge is -2.39. The Kier molecular flexibility index (Phi) is 8.78. The van der Waals surface area contributed by atoms with Crippen LogP contribution < -0.4 is 5.56 Å². The third kappa shape index (κ3) is 6.07. The molecule has 0 saturated heterocycles. The summed E-state index contributed by atoms with van der Waals surface area (Å²) in [6.45, 7) is 3.29. The van der Waals surface area contributed by atoms with Gasteiger partial charge in [-0.05, 0) is 55.5 Å². The second kappa shape index (κ2) is 11.8. The van der Waals surface area contributed by atoms with Gasteiger partial charge < -0.3 is 19.5 Å². The summed E-state index contributed by atoms with van der Waals surface area (Å²) < 4.78 is 19.0. The summed E-state index contributed by atoms with van der Waals surface area (Å²) in [5, 5.41) is 9.40. The van der Waals surface area contributed by atoms with Crippen LogP contribution in [0.1, 0.15) is 66.2 Å². The Hall–Kier alpha value is -3.76. The molecule has 1 saturated carbocycles. The number of aryl methyl sites for hydroxylation is 2. The highest BCUT2D eigenvalue weighted by molar-refractivity contribution is 5.98. The van der Waals surface area contributed by atoms with Crippen LogP contribution in [0.25, 0.3) is 0 Å². The molecule has 0 unspecified atom stereocenters. The molecule has 1 aliphatic rings. The lowest BCUT2D eigenvalue weighted by Crippen LogP contribution is -2.56. The van der Waals surface area contributed by atoms with Gasteiger partial charge in [0, 0.05) is 18.7 Å². The molecule has 1 aromatic carbocycles. The van der Waals surface area contributed by atoms with Crippen molar-refractivity contribution in [1.29, 1.82) is 0 Å². The number of hydrogen-bond acceptors (Lipinski definition) is 7. The SMILES string of the molecule is CCc1[nH]c(=O)c(C(=O)N(Cc2ccc(F)cc2)C2(C(=O)OCCCO[N+](=O)[O-])CCCC2)cc1C. The second-order valence-electron chi connectivity index (χ2n) is 8.83. The number of aromatic amines is 1. The standard InChI is InChI=1S/C25H30FN3O7/c1-3-21-17(2)15-20(22(30)27-21)23(31)28(16-18-7-9-19(26)10-8-18)25(11-4-5-12-25)24(32)35-13-6-14-36-29(33)34/h7-10,15H,3-6,11-14,16H2,1-2H3,(H,27,30). The van der Waals surface area contributed by atoms with Crippen molar-refractivity contribution < 1.29 is 28.6 Å². The highest BCUT2D eigenvalue weighted by Crippen LogP contribution is 2.38. The molecule has 0 radical (unpaired) electrons. The molecular formula is C25H30FN3O7. The van der Waals surface area contributed by atoms with E-state index in [1.165, 1.54) is 35.2 Å². The van der Waals surface area contributed by atoms with E-state index < -0.39 is 33.9 Å². The molecule has 1 amide bonds. The fourth-order valence-electron chi connectivity index (χ4n) is 4.57. The summed E-state index contributed by atoms with van der Waals surface area (Å²) >= 11 is 0. The number of halogens is 1. The summed E-state index contributed by atoms with van der Waals surface area (Å²) in [7, 11) is 0. The zero-order valence-electron chi connectivity index (χ0n) is 20.4. The van der Waals surface area contributed by atoms with E-state index in [0.717, 1.165) is 5.56 Å². The molecule has 1 heterocycles. The Morgan fingerprint density at radius 3 is 2.47 bits per heavy atom. The van der Waals surface area contributed by atoms with Gasteiger partial charge in [0.25, 0.3) is 16.6 Å². The van der Waals surface area contributed by atoms with Gasteiger partial charge in [0.2, 0.25) is 0 Å². The molecule has 1 aromatic heterocycles. The normalized spacial score (nSPS) is 14.3. The molecule has 10 nitrogen and oxygen atoms in total. The van der Waals surface area contributed by atoms with Gasteiger partial charge in [-0.1, -0.05) is 31.9 Å². The fraction of sp³-hybridized carbons (Fsp3) is 0.480. The van der Waals surface area contributed by atoms with E-state index in [1.807, 2.05) is 6.92 Å². The molecule has 0 spiro atoms. The Morgan fingerprint density at radius 1 is 1.19 bits per heavy atom. The highest BCUT2D eigenvalue weighted by atomic mass is 19.1. The number of benzene rings is 1. The largest absolute Gasteiger partial charge is 0.464 e. The van der Waals surface area contributed by atoms with Crippen molar-refractivity contribution in [3.63, 3.8) is 0 Å². The van der Waals surface area contributed by atoms with Gasteiger partial charge in [-0.15, -0.1) is 10.1 Å². The summed E-state index contributed by atoms with van der Waals surface area (Å²) in [5.41, 5.74) is 0.0699. The number of nitrogens with zero attached hydrogens (tertiary/aromatic N) is 2. The topological polar surface area (TPSA) is 132 Å². The van der Waals surface area contributed by atoms with Gasteiger partial charge in [0.1, 0.15) is 16.9 Å². The van der Waals surface area contributed by atoms with Crippen LogP contribution >= 0.6 is 0 Å². The fourth-order valence-corrected chi connectivity index (χ4v) is 4.57. The van der Waals surface area contributed by atoms with E-state index in [0.29, 0.717) is 43.4 Å². The minimum Gasteiger partial charge on any atom is -0.464 e. The lowest BCUT2D eigenvalue weighted by molar-refractivity contribution is -0.757. The van der Waals surface area contributed by atoms with E-state index >= 15 is 0 Å². The maximum Gasteiger partial charge on any atom is 0.332 e. The first kappa shape index (κ1) is 26.8. The zero-order valence-corrected chi connectivity index (χ0v) is 20.4. The number of ether oxygens (including phenoxy) is 1. The molecule has 3 rings (SSSR count). The predicted octanol–water partition coefficient (Wildman–Crippen LogP) is 3.48. The Bertz CT molecular complexity index is 1160. The lowest BCUT2D eigenvalue weighted by atomic mass is 9.92. The summed E-state index contributed by atoms with van der Waals surface area (Å²) in [5.74, 6) is -1.71. The van der Waals surface area contributed by atoms with Gasteiger partial charge in [-0.25, -0.2) is 9.18 Å². The van der Waals surface area contributed by atoms with E-state index in [2.05, 4.69) is 9.82 Å². The third-order valence-corrected chi connectivity index (χ3v) is 6.47. The second-order valence-corrected chi connectivity index (χ2v) is 8.83. The van der Waals surface area contributed by atoms with Crippen molar-refractivity contribution in [3.05, 3.63) is 79.0 Å². The third-order valence-electron chi connectivity index (χ3n) is 6.47. The number of amides is 1. The van der Waals surface area contributed by atoms with Crippen molar-refractivity contribution in [2.45, 2.75) is 64.5 Å². The maximum atomic E-state index is 13.9. The van der Waals surface area contributed by atoms with Crippen LogP contribution in [0.15, 0.2) is 35.1 Å². The first-order chi connectivity index (χ1) is 17.2. The molecule has 1 fully saturated rings. The molecule has 0 aliphatic heterocycles. The number of esters is 1. The van der Waals surface area contributed by atoms with Crippen LogP contribution in [-0.4, -0.2) is 45.6 Å². The van der Waals surface area contributed by atoms with Crippen LogP contribution in [0.2, 0.25) is 0 Å². The van der Waals surface area contributed by atoms with E-state index in [4.69, 9.17) is 4.74 Å². The number of carbonyl (C=O) groups excluding carboxylic acids is 2. The number of hydrogen-bond donors (Lipinski definition) is 1. The van der Waals surface area contributed by atoms with Gasteiger partial charge in [-0.2, -0.15) is 0 Å². The molecule has 1 aliphatic carbocycles.